The first kappa shape index (κ1) is 13.0. The van der Waals surface area contributed by atoms with Gasteiger partial charge >= 0.3 is 0 Å². The highest BCUT2D eigenvalue weighted by atomic mass is 16.5. The molecule has 110 valence electrons. The van der Waals surface area contributed by atoms with Gasteiger partial charge in [-0.1, -0.05) is 35.5 Å². The highest BCUT2D eigenvalue weighted by Crippen LogP contribution is 2.27. The van der Waals surface area contributed by atoms with E-state index in [2.05, 4.69) is 10.1 Å². The van der Waals surface area contributed by atoms with Crippen molar-refractivity contribution in [3.05, 3.63) is 59.7 Å². The van der Waals surface area contributed by atoms with E-state index >= 15 is 0 Å². The summed E-state index contributed by atoms with van der Waals surface area (Å²) in [6, 6.07) is 13.9. The van der Waals surface area contributed by atoms with E-state index in [1.54, 1.807) is 6.92 Å². The zero-order valence-electron chi connectivity index (χ0n) is 12.2. The largest absolute Gasteiger partial charge is 0.339 e. The number of fused-ring (bicyclic) bond motifs is 1. The zero-order chi connectivity index (χ0) is 15.1. The van der Waals surface area contributed by atoms with Gasteiger partial charge in [-0.05, 0) is 29.8 Å². The lowest BCUT2D eigenvalue weighted by molar-refractivity contribution is 0.0569. The number of benzene rings is 2. The molecule has 3 aromatic rings. The number of hydrogen-bond acceptors (Lipinski definition) is 4. The molecule has 0 N–H and O–H groups in total. The fraction of sp³-hybridized carbons (Fsp3) is 0.235. The summed E-state index contributed by atoms with van der Waals surface area (Å²) in [6.45, 7) is 3.06. The summed E-state index contributed by atoms with van der Waals surface area (Å²) in [4.78, 5) is 18.6. The Kier molecular flexibility index (Phi) is 2.92. The van der Waals surface area contributed by atoms with Gasteiger partial charge in [0.25, 0.3) is 5.91 Å². The van der Waals surface area contributed by atoms with Gasteiger partial charge < -0.3 is 9.42 Å². The van der Waals surface area contributed by atoms with Crippen LogP contribution in [0.2, 0.25) is 0 Å². The molecule has 2 aromatic carbocycles. The Morgan fingerprint density at radius 2 is 1.95 bits per heavy atom. The molecule has 0 spiro atoms. The summed E-state index contributed by atoms with van der Waals surface area (Å²) in [5.74, 6) is 1.47. The summed E-state index contributed by atoms with van der Waals surface area (Å²) in [6.07, 6.45) is 0. The number of carbonyl (C=O) groups excluding carboxylic acids is 1. The van der Waals surface area contributed by atoms with Crippen LogP contribution in [0.5, 0.6) is 0 Å². The topological polar surface area (TPSA) is 59.2 Å². The number of aromatic nitrogens is 2. The quantitative estimate of drug-likeness (QED) is 0.729. The standard InChI is InChI=1S/C17H15N3O2/c1-11-18-16(22-19-11)15-9-20(10-15)17(21)14-7-6-12-4-2-3-5-13(12)8-14/h2-8,15H,9-10H2,1H3. The van der Waals surface area contributed by atoms with Gasteiger partial charge in [-0.2, -0.15) is 4.98 Å². The van der Waals surface area contributed by atoms with Crippen LogP contribution in [-0.4, -0.2) is 34.0 Å². The maximum atomic E-state index is 12.5. The van der Waals surface area contributed by atoms with E-state index in [0.29, 0.717) is 24.8 Å². The van der Waals surface area contributed by atoms with Crippen LogP contribution in [0.4, 0.5) is 0 Å². The number of hydrogen-bond donors (Lipinski definition) is 0. The first-order valence-corrected chi connectivity index (χ1v) is 7.29. The van der Waals surface area contributed by atoms with Crippen LogP contribution in [0.3, 0.4) is 0 Å². The third kappa shape index (κ3) is 2.15. The van der Waals surface area contributed by atoms with E-state index < -0.39 is 0 Å². The molecule has 0 atom stereocenters. The summed E-state index contributed by atoms with van der Waals surface area (Å²) in [5, 5.41) is 6.01. The molecule has 1 saturated heterocycles. The van der Waals surface area contributed by atoms with E-state index in [4.69, 9.17) is 4.52 Å². The number of carbonyl (C=O) groups is 1. The molecule has 0 bridgehead atoms. The molecule has 5 heteroatoms. The van der Waals surface area contributed by atoms with Crippen molar-refractivity contribution < 1.29 is 9.32 Å². The lowest BCUT2D eigenvalue weighted by atomic mass is 9.98. The van der Waals surface area contributed by atoms with Gasteiger partial charge in [0.2, 0.25) is 5.89 Å². The molecule has 0 aliphatic carbocycles. The van der Waals surface area contributed by atoms with E-state index in [0.717, 1.165) is 16.3 Å². The molecule has 1 aliphatic heterocycles. The molecule has 1 amide bonds. The average Bonchev–Trinajstić information content (AvgIpc) is 2.91. The molecule has 0 saturated carbocycles. The summed E-state index contributed by atoms with van der Waals surface area (Å²) >= 11 is 0. The van der Waals surface area contributed by atoms with Gasteiger partial charge in [0, 0.05) is 18.7 Å². The first-order valence-electron chi connectivity index (χ1n) is 7.29. The van der Waals surface area contributed by atoms with Crippen molar-refractivity contribution in [2.45, 2.75) is 12.8 Å². The Hall–Kier alpha value is -2.69. The highest BCUT2D eigenvalue weighted by Gasteiger charge is 2.35. The van der Waals surface area contributed by atoms with Crippen molar-refractivity contribution in [1.82, 2.24) is 15.0 Å². The minimum atomic E-state index is 0.0539. The molecular weight excluding hydrogens is 278 g/mol. The Balaban J connectivity index is 1.50. The van der Waals surface area contributed by atoms with Gasteiger partial charge in [0.1, 0.15) is 0 Å². The van der Waals surface area contributed by atoms with Crippen LogP contribution in [0.15, 0.2) is 47.0 Å². The molecule has 0 radical (unpaired) electrons. The van der Waals surface area contributed by atoms with E-state index in [1.165, 1.54) is 0 Å². The minimum Gasteiger partial charge on any atom is -0.339 e. The Morgan fingerprint density at radius 1 is 1.18 bits per heavy atom. The molecule has 0 unspecified atom stereocenters. The van der Waals surface area contributed by atoms with Crippen LogP contribution in [-0.2, 0) is 0 Å². The van der Waals surface area contributed by atoms with Crippen LogP contribution in [0.25, 0.3) is 10.8 Å². The monoisotopic (exact) mass is 293 g/mol. The average molecular weight is 293 g/mol. The van der Waals surface area contributed by atoms with E-state index in [1.807, 2.05) is 47.4 Å². The predicted octanol–water partition coefficient (Wildman–Crippen LogP) is 2.77. The molecule has 4 rings (SSSR count). The fourth-order valence-corrected chi connectivity index (χ4v) is 2.78. The van der Waals surface area contributed by atoms with Crippen LogP contribution in [0, 0.1) is 6.92 Å². The lowest BCUT2D eigenvalue weighted by Gasteiger charge is -2.37. The number of likely N-dealkylation sites (tertiary alicyclic amines) is 1. The van der Waals surface area contributed by atoms with Crippen molar-refractivity contribution in [3.63, 3.8) is 0 Å². The van der Waals surface area contributed by atoms with Gasteiger partial charge in [-0.15, -0.1) is 0 Å². The summed E-state index contributed by atoms with van der Waals surface area (Å²) < 4.78 is 5.16. The van der Waals surface area contributed by atoms with E-state index in [9.17, 15) is 4.79 Å². The minimum absolute atomic E-state index is 0.0539. The third-order valence-electron chi connectivity index (χ3n) is 4.06. The van der Waals surface area contributed by atoms with Crippen molar-refractivity contribution in [2.75, 3.05) is 13.1 Å². The molecular formula is C17H15N3O2. The second-order valence-electron chi connectivity index (χ2n) is 5.65. The molecule has 22 heavy (non-hydrogen) atoms. The molecule has 1 aromatic heterocycles. The van der Waals surface area contributed by atoms with E-state index in [-0.39, 0.29) is 11.8 Å². The molecule has 1 fully saturated rings. The van der Waals surface area contributed by atoms with Gasteiger partial charge in [-0.25, -0.2) is 0 Å². The third-order valence-corrected chi connectivity index (χ3v) is 4.06. The van der Waals surface area contributed by atoms with Crippen molar-refractivity contribution in [2.24, 2.45) is 0 Å². The highest BCUT2D eigenvalue weighted by molar-refractivity contribution is 5.99. The normalized spacial score (nSPS) is 15.0. The predicted molar refractivity (Wildman–Crippen MR) is 81.6 cm³/mol. The fourth-order valence-electron chi connectivity index (χ4n) is 2.78. The number of nitrogens with zero attached hydrogens (tertiary/aromatic N) is 3. The molecule has 5 nitrogen and oxygen atoms in total. The number of aryl methyl sites for hydroxylation is 1. The van der Waals surface area contributed by atoms with Crippen LogP contribution in [0.1, 0.15) is 28.0 Å². The Bertz CT molecular complexity index is 850. The van der Waals surface area contributed by atoms with Gasteiger partial charge in [0.15, 0.2) is 5.82 Å². The SMILES string of the molecule is Cc1noc(C2CN(C(=O)c3ccc4ccccc4c3)C2)n1. The number of rotatable bonds is 2. The van der Waals surface area contributed by atoms with Gasteiger partial charge in [0.05, 0.1) is 5.92 Å². The maximum Gasteiger partial charge on any atom is 0.253 e. The van der Waals surface area contributed by atoms with Crippen molar-refractivity contribution in [1.29, 1.82) is 0 Å². The van der Waals surface area contributed by atoms with Gasteiger partial charge in [-0.3, -0.25) is 4.79 Å². The Labute approximate surface area is 127 Å². The Morgan fingerprint density at radius 3 is 2.68 bits per heavy atom. The molecule has 1 aliphatic rings. The van der Waals surface area contributed by atoms with Crippen LogP contribution < -0.4 is 0 Å². The number of amides is 1. The lowest BCUT2D eigenvalue weighted by Crippen LogP contribution is -2.48. The first-order chi connectivity index (χ1) is 10.7. The molecule has 2 heterocycles. The zero-order valence-corrected chi connectivity index (χ0v) is 12.2. The second-order valence-corrected chi connectivity index (χ2v) is 5.65. The van der Waals surface area contributed by atoms with Crippen LogP contribution >= 0.6 is 0 Å². The summed E-state index contributed by atoms with van der Waals surface area (Å²) in [7, 11) is 0. The van der Waals surface area contributed by atoms with Crippen molar-refractivity contribution >= 4 is 16.7 Å². The smallest absolute Gasteiger partial charge is 0.253 e. The summed E-state index contributed by atoms with van der Waals surface area (Å²) in [5.41, 5.74) is 0.721. The maximum absolute atomic E-state index is 12.5. The van der Waals surface area contributed by atoms with Crippen molar-refractivity contribution in [3.8, 4) is 0 Å². The second kappa shape index (κ2) is 4.94.